The van der Waals surface area contributed by atoms with Crippen molar-refractivity contribution in [3.63, 3.8) is 0 Å². The Labute approximate surface area is 156 Å². The van der Waals surface area contributed by atoms with Gasteiger partial charge in [-0.25, -0.2) is 0 Å². The van der Waals surface area contributed by atoms with Gasteiger partial charge in [0, 0.05) is 11.1 Å². The number of carbonyl (C=O) groups is 1. The Hall–Kier alpha value is -2.71. The molecule has 2 heteroatoms. The standard InChI is InChI=1S/C24H22OSi/c1-26(2)17-20-15-9-10-16-21(20)23(25)22(18-11-5-3-6-12-18)24(26)19-13-7-4-8-14-19/h3-16H,17H2,1-2H3. The molecule has 0 atom stereocenters. The fourth-order valence-electron chi connectivity index (χ4n) is 4.07. The maximum Gasteiger partial charge on any atom is 0.193 e. The van der Waals surface area contributed by atoms with E-state index in [1.54, 1.807) is 0 Å². The second-order valence-electron chi connectivity index (χ2n) is 7.53. The molecule has 1 nitrogen and oxygen atoms in total. The number of benzene rings is 3. The van der Waals surface area contributed by atoms with Gasteiger partial charge in [0.1, 0.15) is 0 Å². The van der Waals surface area contributed by atoms with Crippen LogP contribution in [0.15, 0.2) is 84.9 Å². The van der Waals surface area contributed by atoms with Crippen LogP contribution < -0.4 is 0 Å². The summed E-state index contributed by atoms with van der Waals surface area (Å²) in [5.41, 5.74) is 5.14. The summed E-state index contributed by atoms with van der Waals surface area (Å²) >= 11 is 0. The van der Waals surface area contributed by atoms with Gasteiger partial charge in [0.15, 0.2) is 5.78 Å². The van der Waals surface area contributed by atoms with Gasteiger partial charge < -0.3 is 0 Å². The van der Waals surface area contributed by atoms with Gasteiger partial charge in [0.25, 0.3) is 0 Å². The van der Waals surface area contributed by atoms with Gasteiger partial charge in [-0.2, -0.15) is 0 Å². The zero-order valence-electron chi connectivity index (χ0n) is 15.2. The minimum absolute atomic E-state index is 0.156. The molecule has 26 heavy (non-hydrogen) atoms. The van der Waals surface area contributed by atoms with E-state index in [2.05, 4.69) is 55.6 Å². The largest absolute Gasteiger partial charge is 0.289 e. The topological polar surface area (TPSA) is 17.1 Å². The molecule has 0 aromatic heterocycles. The van der Waals surface area contributed by atoms with Crippen LogP contribution in [0.25, 0.3) is 10.8 Å². The van der Waals surface area contributed by atoms with E-state index in [-0.39, 0.29) is 5.78 Å². The first kappa shape index (κ1) is 16.7. The maximum absolute atomic E-state index is 13.7. The van der Waals surface area contributed by atoms with Crippen LogP contribution in [0.2, 0.25) is 13.1 Å². The highest BCUT2D eigenvalue weighted by molar-refractivity contribution is 6.97. The Morgan fingerprint density at radius 1 is 0.692 bits per heavy atom. The van der Waals surface area contributed by atoms with Crippen LogP contribution in [0.3, 0.4) is 0 Å². The van der Waals surface area contributed by atoms with E-state index < -0.39 is 8.07 Å². The van der Waals surface area contributed by atoms with E-state index in [0.29, 0.717) is 0 Å². The molecular formula is C24H22OSi. The number of ketones is 1. The number of allylic oxidation sites excluding steroid dienone is 1. The number of Topliss-reactive ketones (excluding diaryl/α,β-unsaturated/α-hetero) is 1. The molecule has 4 rings (SSSR count). The van der Waals surface area contributed by atoms with Gasteiger partial charge in [-0.15, -0.1) is 0 Å². The van der Waals surface area contributed by atoms with Crippen molar-refractivity contribution in [3.8, 4) is 0 Å². The zero-order chi connectivity index (χ0) is 18.1. The van der Waals surface area contributed by atoms with Crippen LogP contribution in [0.5, 0.6) is 0 Å². The van der Waals surface area contributed by atoms with E-state index in [0.717, 1.165) is 22.7 Å². The molecule has 0 amide bonds. The SMILES string of the molecule is C[Si]1(C)Cc2ccccc2C(=O)C(c2ccccc2)=C1c1ccccc1. The summed E-state index contributed by atoms with van der Waals surface area (Å²) < 4.78 is 0. The van der Waals surface area contributed by atoms with Gasteiger partial charge in [0.05, 0.1) is 8.07 Å². The molecule has 0 unspecified atom stereocenters. The van der Waals surface area contributed by atoms with E-state index in [4.69, 9.17) is 0 Å². The number of hydrogen-bond acceptors (Lipinski definition) is 1. The average Bonchev–Trinajstić information content (AvgIpc) is 2.75. The van der Waals surface area contributed by atoms with Gasteiger partial charge >= 0.3 is 0 Å². The van der Waals surface area contributed by atoms with Gasteiger partial charge in [0.2, 0.25) is 0 Å². The van der Waals surface area contributed by atoms with Crippen LogP contribution >= 0.6 is 0 Å². The summed E-state index contributed by atoms with van der Waals surface area (Å²) in [6, 6.07) is 29.7. The molecule has 0 radical (unpaired) electrons. The first-order valence-corrected chi connectivity index (χ1v) is 12.3. The van der Waals surface area contributed by atoms with Crippen molar-refractivity contribution in [2.24, 2.45) is 0 Å². The molecule has 0 saturated carbocycles. The highest BCUT2D eigenvalue weighted by Gasteiger charge is 2.37. The van der Waals surface area contributed by atoms with Crippen molar-refractivity contribution < 1.29 is 4.79 Å². The third kappa shape index (κ3) is 2.87. The van der Waals surface area contributed by atoms with Crippen molar-refractivity contribution in [2.75, 3.05) is 0 Å². The van der Waals surface area contributed by atoms with Crippen LogP contribution in [-0.2, 0) is 6.04 Å². The summed E-state index contributed by atoms with van der Waals surface area (Å²) in [5, 5.41) is 1.27. The lowest BCUT2D eigenvalue weighted by Gasteiger charge is -2.27. The first-order chi connectivity index (χ1) is 12.6. The Bertz CT molecular complexity index is 985. The van der Waals surface area contributed by atoms with E-state index in [1.165, 1.54) is 16.3 Å². The predicted octanol–water partition coefficient (Wildman–Crippen LogP) is 5.82. The summed E-state index contributed by atoms with van der Waals surface area (Å²) in [6.45, 7) is 4.77. The highest BCUT2D eigenvalue weighted by Crippen LogP contribution is 2.40. The summed E-state index contributed by atoms with van der Waals surface area (Å²) in [7, 11) is -1.89. The minimum atomic E-state index is -1.89. The van der Waals surface area contributed by atoms with Crippen molar-refractivity contribution >= 4 is 24.6 Å². The monoisotopic (exact) mass is 354 g/mol. The molecule has 0 fully saturated rings. The van der Waals surface area contributed by atoms with Crippen molar-refractivity contribution in [2.45, 2.75) is 19.1 Å². The predicted molar refractivity (Wildman–Crippen MR) is 112 cm³/mol. The van der Waals surface area contributed by atoms with Crippen LogP contribution in [-0.4, -0.2) is 13.9 Å². The Kier molecular flexibility index (Phi) is 4.21. The molecule has 0 N–H and O–H groups in total. The molecule has 0 saturated heterocycles. The quantitative estimate of drug-likeness (QED) is 0.530. The number of fused-ring (bicyclic) bond motifs is 1. The molecule has 3 aromatic rings. The molecule has 1 aliphatic heterocycles. The fourth-order valence-corrected chi connectivity index (χ4v) is 7.39. The van der Waals surface area contributed by atoms with Gasteiger partial charge in [-0.05, 0) is 27.9 Å². The number of carbonyl (C=O) groups excluding carboxylic acids is 1. The Balaban J connectivity index is 2.08. The molecule has 1 heterocycles. The van der Waals surface area contributed by atoms with E-state index in [1.807, 2.05) is 42.5 Å². The summed E-state index contributed by atoms with van der Waals surface area (Å²) in [6.07, 6.45) is 0. The molecule has 3 aromatic carbocycles. The second kappa shape index (κ2) is 6.54. The zero-order valence-corrected chi connectivity index (χ0v) is 16.2. The third-order valence-corrected chi connectivity index (χ3v) is 8.33. The third-order valence-electron chi connectivity index (χ3n) is 5.17. The smallest absolute Gasteiger partial charge is 0.193 e. The van der Waals surface area contributed by atoms with E-state index >= 15 is 0 Å². The van der Waals surface area contributed by atoms with Crippen molar-refractivity contribution in [1.29, 1.82) is 0 Å². The van der Waals surface area contributed by atoms with E-state index in [9.17, 15) is 4.79 Å². The summed E-state index contributed by atoms with van der Waals surface area (Å²) in [5.74, 6) is 0.156. The lowest BCUT2D eigenvalue weighted by Crippen LogP contribution is -2.32. The Morgan fingerprint density at radius 2 is 1.23 bits per heavy atom. The van der Waals surface area contributed by atoms with Gasteiger partial charge in [-0.1, -0.05) is 98.0 Å². The number of hydrogen-bond donors (Lipinski definition) is 0. The summed E-state index contributed by atoms with van der Waals surface area (Å²) in [4.78, 5) is 13.7. The molecule has 0 aliphatic carbocycles. The van der Waals surface area contributed by atoms with Crippen molar-refractivity contribution in [3.05, 3.63) is 107 Å². The van der Waals surface area contributed by atoms with Crippen molar-refractivity contribution in [1.82, 2.24) is 0 Å². The average molecular weight is 355 g/mol. The van der Waals surface area contributed by atoms with Crippen LogP contribution in [0, 0.1) is 0 Å². The molecular weight excluding hydrogens is 332 g/mol. The first-order valence-electron chi connectivity index (χ1n) is 9.06. The van der Waals surface area contributed by atoms with Gasteiger partial charge in [-0.3, -0.25) is 4.79 Å². The lowest BCUT2D eigenvalue weighted by atomic mass is 9.92. The molecule has 1 aliphatic rings. The highest BCUT2D eigenvalue weighted by atomic mass is 28.3. The molecule has 128 valence electrons. The molecule has 0 bridgehead atoms. The molecule has 0 spiro atoms. The fraction of sp³-hybridized carbons (Fsp3) is 0.125. The number of rotatable bonds is 2. The van der Waals surface area contributed by atoms with Crippen LogP contribution in [0.4, 0.5) is 0 Å². The lowest BCUT2D eigenvalue weighted by molar-refractivity contribution is 0.105. The second-order valence-corrected chi connectivity index (χ2v) is 12.2. The minimum Gasteiger partial charge on any atom is -0.289 e. The maximum atomic E-state index is 13.7. The Morgan fingerprint density at radius 3 is 1.88 bits per heavy atom. The normalized spacial score (nSPS) is 16.2. The van der Waals surface area contributed by atoms with Crippen LogP contribution in [0.1, 0.15) is 27.0 Å².